The van der Waals surface area contributed by atoms with Crippen molar-refractivity contribution in [2.45, 2.75) is 26.2 Å². The zero-order valence-electron chi connectivity index (χ0n) is 16.6. The summed E-state index contributed by atoms with van der Waals surface area (Å²) in [7, 11) is 1.79. The van der Waals surface area contributed by atoms with Gasteiger partial charge in [-0.05, 0) is 36.3 Å². The van der Waals surface area contributed by atoms with E-state index in [4.69, 9.17) is 8.94 Å². The number of hydrogen-bond donors (Lipinski definition) is 1. The van der Waals surface area contributed by atoms with Crippen molar-refractivity contribution >= 4 is 22.8 Å². The van der Waals surface area contributed by atoms with Crippen molar-refractivity contribution in [3.05, 3.63) is 48.3 Å². The number of carbonyl (C=O) groups excluding carboxylic acids is 2. The van der Waals surface area contributed by atoms with Crippen LogP contribution in [0.5, 0.6) is 0 Å². The van der Waals surface area contributed by atoms with Crippen molar-refractivity contribution in [1.29, 1.82) is 0 Å². The first-order chi connectivity index (χ1) is 14.0. The first kappa shape index (κ1) is 19.2. The van der Waals surface area contributed by atoms with E-state index in [1.165, 1.54) is 12.5 Å². The van der Waals surface area contributed by atoms with Gasteiger partial charge in [-0.3, -0.25) is 14.6 Å². The molecule has 8 heteroatoms. The molecule has 1 aliphatic carbocycles. The van der Waals surface area contributed by atoms with Gasteiger partial charge in [0.25, 0.3) is 11.8 Å². The van der Waals surface area contributed by atoms with E-state index >= 15 is 0 Å². The van der Waals surface area contributed by atoms with Crippen LogP contribution in [0.1, 0.15) is 47.1 Å². The monoisotopic (exact) mass is 396 g/mol. The van der Waals surface area contributed by atoms with Crippen LogP contribution in [0.15, 0.2) is 45.9 Å². The van der Waals surface area contributed by atoms with Crippen LogP contribution in [0.2, 0.25) is 0 Å². The van der Waals surface area contributed by atoms with E-state index in [9.17, 15) is 9.59 Å². The molecule has 2 unspecified atom stereocenters. The molecule has 0 radical (unpaired) electrons. The fourth-order valence-corrected chi connectivity index (χ4v) is 3.96. The van der Waals surface area contributed by atoms with Gasteiger partial charge in [-0.15, -0.1) is 0 Å². The number of amides is 2. The van der Waals surface area contributed by atoms with Crippen LogP contribution in [0, 0.1) is 11.3 Å². The lowest BCUT2D eigenvalue weighted by Gasteiger charge is -2.21. The average molecular weight is 396 g/mol. The molecule has 3 heterocycles. The predicted octanol–water partition coefficient (Wildman–Crippen LogP) is 3.12. The lowest BCUT2D eigenvalue weighted by Crippen LogP contribution is -2.30. The Hall–Kier alpha value is -3.16. The van der Waals surface area contributed by atoms with Crippen molar-refractivity contribution in [2.24, 2.45) is 11.3 Å². The number of nitrogens with one attached hydrogen (secondary N) is 1. The van der Waals surface area contributed by atoms with Crippen molar-refractivity contribution in [2.75, 3.05) is 20.1 Å². The lowest BCUT2D eigenvalue weighted by molar-refractivity contribution is 0.0782. The highest BCUT2D eigenvalue weighted by Crippen LogP contribution is 2.57. The topological polar surface area (TPSA) is 101 Å². The number of rotatable bonds is 8. The summed E-state index contributed by atoms with van der Waals surface area (Å²) >= 11 is 0. The number of nitrogens with zero attached hydrogens (tertiary/aromatic N) is 3. The van der Waals surface area contributed by atoms with Crippen LogP contribution in [-0.4, -0.2) is 47.0 Å². The number of hydrogen-bond acceptors (Lipinski definition) is 6. The molecule has 0 bridgehead atoms. The molecule has 1 fully saturated rings. The minimum Gasteiger partial charge on any atom is -0.449 e. The summed E-state index contributed by atoms with van der Waals surface area (Å²) in [5.41, 5.74) is 1.22. The summed E-state index contributed by atoms with van der Waals surface area (Å²) in [5, 5.41) is 7.43. The van der Waals surface area contributed by atoms with Gasteiger partial charge in [0.2, 0.25) is 0 Å². The summed E-state index contributed by atoms with van der Waals surface area (Å²) in [4.78, 5) is 30.4. The van der Waals surface area contributed by atoms with Crippen LogP contribution in [0.3, 0.4) is 0 Å². The third-order valence-corrected chi connectivity index (χ3v) is 6.09. The van der Waals surface area contributed by atoms with Gasteiger partial charge in [0.1, 0.15) is 6.26 Å². The highest BCUT2D eigenvalue weighted by atomic mass is 16.5. The van der Waals surface area contributed by atoms with Crippen molar-refractivity contribution in [1.82, 2.24) is 20.4 Å². The molecule has 8 nitrogen and oxygen atoms in total. The smallest absolute Gasteiger partial charge is 0.287 e. The largest absolute Gasteiger partial charge is 0.449 e. The Kier molecular flexibility index (Phi) is 5.08. The van der Waals surface area contributed by atoms with Gasteiger partial charge in [-0.25, -0.2) is 0 Å². The van der Waals surface area contributed by atoms with E-state index in [-0.39, 0.29) is 17.2 Å². The van der Waals surface area contributed by atoms with Crippen LogP contribution in [0.4, 0.5) is 0 Å². The first-order valence-electron chi connectivity index (χ1n) is 9.79. The highest BCUT2D eigenvalue weighted by Gasteiger charge is 2.51. The van der Waals surface area contributed by atoms with E-state index in [0.717, 1.165) is 24.6 Å². The van der Waals surface area contributed by atoms with Gasteiger partial charge in [0, 0.05) is 31.7 Å². The van der Waals surface area contributed by atoms with Gasteiger partial charge < -0.3 is 19.2 Å². The van der Waals surface area contributed by atoms with E-state index in [2.05, 4.69) is 22.4 Å². The molecule has 1 aliphatic rings. The molecule has 1 saturated carbocycles. The van der Waals surface area contributed by atoms with Crippen molar-refractivity contribution in [3.63, 3.8) is 0 Å². The molecule has 0 spiro atoms. The zero-order chi connectivity index (χ0) is 20.4. The molecular weight excluding hydrogens is 372 g/mol. The van der Waals surface area contributed by atoms with E-state index in [1.54, 1.807) is 30.4 Å². The standard InChI is InChI=1S/C21H24N4O4/c1-3-21(5-7-25(2)20(27)15-10-24-28-13-15)9-16(21)11-23-19(26)17-8-14-4-6-22-12-18(14)29-17/h4,6,8,10,12-13,16H,3,5,7,9,11H2,1-2H3,(H,23,26). The minimum absolute atomic E-state index is 0.0950. The maximum atomic E-state index is 12.4. The number of aromatic nitrogens is 2. The second-order valence-electron chi connectivity index (χ2n) is 7.74. The molecule has 0 aliphatic heterocycles. The molecule has 1 N–H and O–H groups in total. The van der Waals surface area contributed by atoms with Crippen molar-refractivity contribution in [3.8, 4) is 0 Å². The van der Waals surface area contributed by atoms with Crippen LogP contribution < -0.4 is 5.32 Å². The molecule has 29 heavy (non-hydrogen) atoms. The van der Waals surface area contributed by atoms with Gasteiger partial charge in [-0.2, -0.15) is 0 Å². The highest BCUT2D eigenvalue weighted by molar-refractivity contribution is 5.96. The summed E-state index contributed by atoms with van der Waals surface area (Å²) in [6.45, 7) is 3.42. The summed E-state index contributed by atoms with van der Waals surface area (Å²) in [5.74, 6) is 0.400. The lowest BCUT2D eigenvalue weighted by atomic mass is 9.95. The molecular formula is C21H24N4O4. The van der Waals surface area contributed by atoms with Crippen LogP contribution >= 0.6 is 0 Å². The second-order valence-corrected chi connectivity index (χ2v) is 7.74. The van der Waals surface area contributed by atoms with Crippen LogP contribution in [-0.2, 0) is 0 Å². The Morgan fingerprint density at radius 2 is 2.24 bits per heavy atom. The fourth-order valence-electron chi connectivity index (χ4n) is 3.96. The third-order valence-electron chi connectivity index (χ3n) is 6.09. The van der Waals surface area contributed by atoms with Gasteiger partial charge in [-0.1, -0.05) is 18.5 Å². The Morgan fingerprint density at radius 3 is 2.97 bits per heavy atom. The Balaban J connectivity index is 1.29. The Labute approximate surface area is 168 Å². The van der Waals surface area contributed by atoms with Gasteiger partial charge >= 0.3 is 0 Å². The molecule has 4 rings (SSSR count). The quantitative estimate of drug-likeness (QED) is 0.628. The summed E-state index contributed by atoms with van der Waals surface area (Å²) < 4.78 is 10.3. The summed E-state index contributed by atoms with van der Waals surface area (Å²) in [6.07, 6.45) is 9.02. The number of pyridine rings is 1. The molecule has 3 aromatic rings. The summed E-state index contributed by atoms with van der Waals surface area (Å²) in [6, 6.07) is 3.55. The van der Waals surface area contributed by atoms with Crippen molar-refractivity contribution < 1.29 is 18.5 Å². The maximum Gasteiger partial charge on any atom is 0.287 e. The molecule has 3 aromatic heterocycles. The Bertz CT molecular complexity index is 980. The first-order valence-corrected chi connectivity index (χ1v) is 9.79. The maximum absolute atomic E-state index is 12.4. The van der Waals surface area contributed by atoms with Crippen LogP contribution in [0.25, 0.3) is 11.0 Å². The SMILES string of the molecule is CCC1(CCN(C)C(=O)c2cnoc2)CC1CNC(=O)c1cc2ccncc2o1. The van der Waals surface area contributed by atoms with E-state index in [0.29, 0.717) is 35.9 Å². The average Bonchev–Trinajstić information content (AvgIpc) is 3.09. The third kappa shape index (κ3) is 3.87. The molecule has 152 valence electrons. The van der Waals surface area contributed by atoms with E-state index in [1.807, 2.05) is 6.07 Å². The van der Waals surface area contributed by atoms with Gasteiger partial charge in [0.15, 0.2) is 11.3 Å². The molecule has 2 amide bonds. The second kappa shape index (κ2) is 7.69. The minimum atomic E-state index is -0.210. The predicted molar refractivity (Wildman–Crippen MR) is 105 cm³/mol. The molecule has 0 aromatic carbocycles. The Morgan fingerprint density at radius 1 is 1.38 bits per heavy atom. The van der Waals surface area contributed by atoms with Gasteiger partial charge in [0.05, 0.1) is 18.0 Å². The molecule has 0 saturated heterocycles. The fraction of sp³-hybridized carbons (Fsp3) is 0.429. The molecule has 2 atom stereocenters. The normalized spacial score (nSPS) is 20.6. The number of furan rings is 1. The van der Waals surface area contributed by atoms with E-state index < -0.39 is 0 Å². The number of carbonyl (C=O) groups is 2. The number of fused-ring (bicyclic) bond motifs is 1. The zero-order valence-corrected chi connectivity index (χ0v) is 16.6.